The van der Waals surface area contributed by atoms with Crippen molar-refractivity contribution in [3.63, 3.8) is 0 Å². The van der Waals surface area contributed by atoms with Crippen molar-refractivity contribution in [2.45, 2.75) is 32.4 Å². The Bertz CT molecular complexity index is 879. The summed E-state index contributed by atoms with van der Waals surface area (Å²) in [5.41, 5.74) is 5.01. The fraction of sp³-hybridized carbons (Fsp3) is 0.455. The Morgan fingerprint density at radius 3 is 2.39 bits per heavy atom. The number of hydrogen-bond acceptors (Lipinski definition) is 4. The van der Waals surface area contributed by atoms with Gasteiger partial charge in [-0.3, -0.25) is 4.90 Å². The summed E-state index contributed by atoms with van der Waals surface area (Å²) in [5.74, 6) is 0.169. The molecule has 1 heterocycles. The van der Waals surface area contributed by atoms with E-state index >= 15 is 0 Å². The molecule has 1 aliphatic heterocycles. The molecule has 1 N–H and O–H groups in total. The van der Waals surface area contributed by atoms with Crippen LogP contribution in [-0.4, -0.2) is 46.3 Å². The molecule has 6 heteroatoms. The first-order chi connectivity index (χ1) is 13.4. The standard InChI is InChI=1S/C22H31N3O2S/c1-4-15-28(26,27)23-16-22(19-9-11-21(12-10-19)24(2)3)25-14-13-18-7-5-6-8-20(18)17-25/h5-12,22-23H,4,13-17H2,1-3H3/t22-/m0/s1. The molecule has 0 unspecified atom stereocenters. The van der Waals surface area contributed by atoms with Crippen LogP contribution in [-0.2, 0) is 23.0 Å². The van der Waals surface area contributed by atoms with Gasteiger partial charge in [0.15, 0.2) is 0 Å². The Balaban J connectivity index is 1.84. The fourth-order valence-corrected chi connectivity index (χ4v) is 4.88. The van der Waals surface area contributed by atoms with Gasteiger partial charge in [0, 0.05) is 45.5 Å². The predicted molar refractivity (Wildman–Crippen MR) is 116 cm³/mol. The molecule has 0 spiro atoms. The summed E-state index contributed by atoms with van der Waals surface area (Å²) in [4.78, 5) is 4.46. The number of nitrogens with one attached hydrogen (secondary N) is 1. The van der Waals surface area contributed by atoms with Crippen molar-refractivity contribution in [3.05, 3.63) is 65.2 Å². The van der Waals surface area contributed by atoms with Crippen molar-refractivity contribution >= 4 is 15.7 Å². The molecule has 2 aromatic rings. The number of benzene rings is 2. The van der Waals surface area contributed by atoms with Gasteiger partial charge in [0.05, 0.1) is 5.75 Å². The zero-order valence-corrected chi connectivity index (χ0v) is 17.9. The maximum absolute atomic E-state index is 12.3. The molecule has 0 fully saturated rings. The summed E-state index contributed by atoms with van der Waals surface area (Å²) >= 11 is 0. The zero-order valence-electron chi connectivity index (χ0n) is 17.1. The topological polar surface area (TPSA) is 52.7 Å². The average Bonchev–Trinajstić information content (AvgIpc) is 2.68. The van der Waals surface area contributed by atoms with Crippen LogP contribution >= 0.6 is 0 Å². The highest BCUT2D eigenvalue weighted by Crippen LogP contribution is 2.29. The summed E-state index contributed by atoms with van der Waals surface area (Å²) in [6.07, 6.45) is 1.61. The van der Waals surface area contributed by atoms with Crippen molar-refractivity contribution in [1.29, 1.82) is 0 Å². The molecule has 152 valence electrons. The predicted octanol–water partition coefficient (Wildman–Crippen LogP) is 3.18. The van der Waals surface area contributed by atoms with E-state index in [1.165, 1.54) is 11.1 Å². The molecule has 2 aromatic carbocycles. The maximum Gasteiger partial charge on any atom is 0.211 e. The minimum atomic E-state index is -3.24. The largest absolute Gasteiger partial charge is 0.378 e. The molecule has 0 amide bonds. The highest BCUT2D eigenvalue weighted by molar-refractivity contribution is 7.89. The van der Waals surface area contributed by atoms with Gasteiger partial charge in [0.1, 0.15) is 0 Å². The molecule has 1 atom stereocenters. The molecule has 0 saturated heterocycles. The molecule has 0 aliphatic carbocycles. The summed E-state index contributed by atoms with van der Waals surface area (Å²) in [6.45, 7) is 4.04. The molecular weight excluding hydrogens is 370 g/mol. The molecular formula is C22H31N3O2S. The smallest absolute Gasteiger partial charge is 0.211 e. The van der Waals surface area contributed by atoms with Crippen molar-refractivity contribution in [3.8, 4) is 0 Å². The highest BCUT2D eigenvalue weighted by atomic mass is 32.2. The number of rotatable bonds is 8. The van der Waals surface area contributed by atoms with Crippen LogP contribution in [0.4, 0.5) is 5.69 Å². The lowest BCUT2D eigenvalue weighted by atomic mass is 9.96. The molecule has 5 nitrogen and oxygen atoms in total. The minimum Gasteiger partial charge on any atom is -0.378 e. The SMILES string of the molecule is CCCS(=O)(=O)NC[C@@H](c1ccc(N(C)C)cc1)N1CCc2ccccc2C1. The number of hydrogen-bond donors (Lipinski definition) is 1. The van der Waals surface area contributed by atoms with Crippen molar-refractivity contribution in [2.75, 3.05) is 37.8 Å². The van der Waals surface area contributed by atoms with Crippen molar-refractivity contribution < 1.29 is 8.42 Å². The maximum atomic E-state index is 12.3. The fourth-order valence-electron chi connectivity index (χ4n) is 3.78. The van der Waals surface area contributed by atoms with Gasteiger partial charge < -0.3 is 4.90 Å². The van der Waals surface area contributed by atoms with Gasteiger partial charge in [0.25, 0.3) is 0 Å². The Labute approximate surface area is 169 Å². The normalized spacial score (nSPS) is 15.8. The lowest BCUT2D eigenvalue weighted by Crippen LogP contribution is -2.41. The molecule has 0 aromatic heterocycles. The number of fused-ring (bicyclic) bond motifs is 1. The van der Waals surface area contributed by atoms with E-state index in [1.807, 2.05) is 21.0 Å². The summed E-state index contributed by atoms with van der Waals surface area (Å²) in [5, 5.41) is 0. The van der Waals surface area contributed by atoms with Gasteiger partial charge in [-0.05, 0) is 41.7 Å². The van der Waals surface area contributed by atoms with Crippen LogP contribution in [0.1, 0.15) is 36.1 Å². The monoisotopic (exact) mass is 401 g/mol. The van der Waals surface area contributed by atoms with Gasteiger partial charge in [-0.2, -0.15) is 0 Å². The first-order valence-electron chi connectivity index (χ1n) is 9.95. The zero-order chi connectivity index (χ0) is 20.1. The molecule has 0 bridgehead atoms. The first-order valence-corrected chi connectivity index (χ1v) is 11.6. The van der Waals surface area contributed by atoms with Gasteiger partial charge in [-0.25, -0.2) is 13.1 Å². The van der Waals surface area contributed by atoms with Crippen LogP contribution in [0.15, 0.2) is 48.5 Å². The lowest BCUT2D eigenvalue weighted by Gasteiger charge is -2.36. The number of anilines is 1. The van der Waals surface area contributed by atoms with Crippen LogP contribution in [0.2, 0.25) is 0 Å². The van der Waals surface area contributed by atoms with Crippen molar-refractivity contribution in [1.82, 2.24) is 9.62 Å². The Hall–Kier alpha value is -1.89. The van der Waals surface area contributed by atoms with Gasteiger partial charge in [0.2, 0.25) is 10.0 Å². The van der Waals surface area contributed by atoms with E-state index in [2.05, 4.69) is 63.1 Å². The van der Waals surface area contributed by atoms with Gasteiger partial charge in [-0.15, -0.1) is 0 Å². The second-order valence-corrected chi connectivity index (χ2v) is 9.58. The van der Waals surface area contributed by atoms with Crippen molar-refractivity contribution in [2.24, 2.45) is 0 Å². The molecule has 28 heavy (non-hydrogen) atoms. The first kappa shape index (κ1) is 20.8. The Kier molecular flexibility index (Phi) is 6.75. The summed E-state index contributed by atoms with van der Waals surface area (Å²) in [6, 6.07) is 17.0. The van der Waals surface area contributed by atoms with E-state index in [-0.39, 0.29) is 11.8 Å². The highest BCUT2D eigenvalue weighted by Gasteiger charge is 2.26. The van der Waals surface area contributed by atoms with E-state index in [9.17, 15) is 8.42 Å². The van der Waals surface area contributed by atoms with E-state index in [1.54, 1.807) is 0 Å². The third kappa shape index (κ3) is 5.13. The molecule has 1 aliphatic rings. The second kappa shape index (κ2) is 9.07. The number of sulfonamides is 1. The van der Waals surface area contributed by atoms with Crippen LogP contribution in [0.3, 0.4) is 0 Å². The molecule has 3 rings (SSSR count). The van der Waals surface area contributed by atoms with E-state index in [0.29, 0.717) is 13.0 Å². The second-order valence-electron chi connectivity index (χ2n) is 7.66. The van der Waals surface area contributed by atoms with E-state index in [4.69, 9.17) is 0 Å². The van der Waals surface area contributed by atoms with Gasteiger partial charge in [-0.1, -0.05) is 43.3 Å². The summed E-state index contributed by atoms with van der Waals surface area (Å²) < 4.78 is 27.3. The minimum absolute atomic E-state index is 0.0104. The average molecular weight is 402 g/mol. The molecule has 0 radical (unpaired) electrons. The lowest BCUT2D eigenvalue weighted by molar-refractivity contribution is 0.180. The van der Waals surface area contributed by atoms with Crippen LogP contribution in [0.25, 0.3) is 0 Å². The molecule has 0 saturated carbocycles. The van der Waals surface area contributed by atoms with Crippen LogP contribution in [0, 0.1) is 0 Å². The summed E-state index contributed by atoms with van der Waals surface area (Å²) in [7, 11) is 0.801. The third-order valence-corrected chi connectivity index (χ3v) is 6.92. The van der Waals surface area contributed by atoms with Gasteiger partial charge >= 0.3 is 0 Å². The van der Waals surface area contributed by atoms with E-state index < -0.39 is 10.0 Å². The third-order valence-electron chi connectivity index (χ3n) is 5.36. The Morgan fingerprint density at radius 2 is 1.75 bits per heavy atom. The van der Waals surface area contributed by atoms with Crippen LogP contribution < -0.4 is 9.62 Å². The Morgan fingerprint density at radius 1 is 1.07 bits per heavy atom. The quantitative estimate of drug-likeness (QED) is 0.738. The van der Waals surface area contributed by atoms with Crippen LogP contribution in [0.5, 0.6) is 0 Å². The van der Waals surface area contributed by atoms with E-state index in [0.717, 1.165) is 30.8 Å². The number of nitrogens with zero attached hydrogens (tertiary/aromatic N) is 2.